The lowest BCUT2D eigenvalue weighted by Crippen LogP contribution is -2.15. The maximum Gasteiger partial charge on any atom is 0.289 e. The average Bonchev–Trinajstić information content (AvgIpc) is 2.43. The minimum Gasteiger partial charge on any atom is -0.279 e. The Morgan fingerprint density at radius 3 is 2.45 bits per heavy atom. The molecule has 1 N–H and O–H groups in total. The van der Waals surface area contributed by atoms with Crippen LogP contribution >= 0.6 is 11.6 Å². The molecule has 116 valence electrons. The van der Waals surface area contributed by atoms with Crippen LogP contribution in [0.25, 0.3) is 0 Å². The maximum atomic E-state index is 13.5. The third-order valence-corrected chi connectivity index (χ3v) is 4.29. The number of hydrogen-bond acceptors (Lipinski definition) is 4. The van der Waals surface area contributed by atoms with Gasteiger partial charge in [-0.1, -0.05) is 11.6 Å². The van der Waals surface area contributed by atoms with Crippen molar-refractivity contribution < 1.29 is 22.1 Å². The topological polar surface area (TPSA) is 89.3 Å². The number of sulfonamides is 1. The summed E-state index contributed by atoms with van der Waals surface area (Å²) >= 11 is 5.60. The van der Waals surface area contributed by atoms with Crippen LogP contribution in [-0.4, -0.2) is 13.3 Å². The molecule has 0 amide bonds. The first kappa shape index (κ1) is 16.1. The van der Waals surface area contributed by atoms with Crippen molar-refractivity contribution in [3.63, 3.8) is 0 Å². The molecule has 10 heteroatoms. The van der Waals surface area contributed by atoms with E-state index >= 15 is 0 Å². The Hall–Kier alpha value is -2.26. The second kappa shape index (κ2) is 5.85. The van der Waals surface area contributed by atoms with Crippen molar-refractivity contribution in [1.29, 1.82) is 0 Å². The number of nitro groups is 1. The normalized spacial score (nSPS) is 11.2. The summed E-state index contributed by atoms with van der Waals surface area (Å²) in [6.07, 6.45) is 0. The van der Waals surface area contributed by atoms with Crippen molar-refractivity contribution in [2.24, 2.45) is 0 Å². The molecule has 0 fully saturated rings. The van der Waals surface area contributed by atoms with Gasteiger partial charge in [0.15, 0.2) is 0 Å². The Morgan fingerprint density at radius 2 is 1.82 bits per heavy atom. The first-order chi connectivity index (χ1) is 10.2. The maximum absolute atomic E-state index is 13.5. The molecule has 0 aliphatic carbocycles. The zero-order valence-electron chi connectivity index (χ0n) is 10.6. The molecule has 0 aliphatic rings. The van der Waals surface area contributed by atoms with E-state index in [4.69, 9.17) is 11.6 Å². The summed E-state index contributed by atoms with van der Waals surface area (Å²) in [7, 11) is -4.45. The van der Waals surface area contributed by atoms with Gasteiger partial charge >= 0.3 is 0 Å². The highest BCUT2D eigenvalue weighted by atomic mass is 35.5. The van der Waals surface area contributed by atoms with E-state index in [9.17, 15) is 27.3 Å². The van der Waals surface area contributed by atoms with E-state index in [-0.39, 0.29) is 10.7 Å². The van der Waals surface area contributed by atoms with Gasteiger partial charge in [0.05, 0.1) is 10.6 Å². The Balaban J connectivity index is 2.43. The lowest BCUT2D eigenvalue weighted by atomic mass is 10.3. The summed E-state index contributed by atoms with van der Waals surface area (Å²) in [4.78, 5) is 9.03. The molecular weight excluding hydrogens is 342 g/mol. The van der Waals surface area contributed by atoms with E-state index in [1.54, 1.807) is 0 Å². The Kier molecular flexibility index (Phi) is 4.29. The van der Waals surface area contributed by atoms with Gasteiger partial charge in [-0.25, -0.2) is 17.2 Å². The van der Waals surface area contributed by atoms with Crippen LogP contribution in [-0.2, 0) is 10.0 Å². The fraction of sp³-hybridized carbons (Fsp3) is 0. The predicted molar refractivity (Wildman–Crippen MR) is 75.3 cm³/mol. The van der Waals surface area contributed by atoms with Gasteiger partial charge in [-0.05, 0) is 30.3 Å². The first-order valence-corrected chi connectivity index (χ1v) is 7.48. The van der Waals surface area contributed by atoms with Gasteiger partial charge in [-0.15, -0.1) is 0 Å². The van der Waals surface area contributed by atoms with Crippen molar-refractivity contribution >= 4 is 33.0 Å². The van der Waals surface area contributed by atoms with Crippen LogP contribution in [0.5, 0.6) is 0 Å². The minimum absolute atomic E-state index is 0.190. The standard InChI is InChI=1S/C12H7ClF2N2O4S/c13-9-3-2-8(6-11(9)17(18)19)16-22(20,21)12-5-7(14)1-4-10(12)15/h1-6,16H. The molecule has 2 rings (SSSR count). The number of nitrogens with one attached hydrogen (secondary N) is 1. The fourth-order valence-electron chi connectivity index (χ4n) is 1.61. The molecule has 6 nitrogen and oxygen atoms in total. The summed E-state index contributed by atoms with van der Waals surface area (Å²) in [5.41, 5.74) is -0.735. The van der Waals surface area contributed by atoms with Gasteiger partial charge in [0.2, 0.25) is 0 Å². The minimum atomic E-state index is -4.45. The molecule has 0 heterocycles. The van der Waals surface area contributed by atoms with Gasteiger partial charge in [-0.3, -0.25) is 14.8 Å². The molecular formula is C12H7ClF2N2O4S. The summed E-state index contributed by atoms with van der Waals surface area (Å²) in [5, 5.41) is 10.6. The highest BCUT2D eigenvalue weighted by Crippen LogP contribution is 2.29. The van der Waals surface area contributed by atoms with Crippen molar-refractivity contribution in [2.45, 2.75) is 4.90 Å². The molecule has 0 spiro atoms. The van der Waals surface area contributed by atoms with E-state index in [0.717, 1.165) is 24.3 Å². The Morgan fingerprint density at radius 1 is 1.14 bits per heavy atom. The van der Waals surface area contributed by atoms with Gasteiger partial charge in [0.1, 0.15) is 21.6 Å². The molecule has 0 saturated heterocycles. The van der Waals surface area contributed by atoms with Gasteiger partial charge in [0.25, 0.3) is 15.7 Å². The summed E-state index contributed by atoms with van der Waals surface area (Å²) in [6, 6.07) is 5.07. The van der Waals surface area contributed by atoms with Crippen LogP contribution in [0.4, 0.5) is 20.2 Å². The molecule has 0 saturated carbocycles. The molecule has 0 atom stereocenters. The van der Waals surface area contributed by atoms with Crippen LogP contribution in [0.1, 0.15) is 0 Å². The number of benzene rings is 2. The van der Waals surface area contributed by atoms with Crippen LogP contribution < -0.4 is 4.72 Å². The van der Waals surface area contributed by atoms with Gasteiger partial charge < -0.3 is 0 Å². The monoisotopic (exact) mass is 348 g/mol. The second-order valence-corrected chi connectivity index (χ2v) is 6.16. The molecule has 0 aliphatic heterocycles. The van der Waals surface area contributed by atoms with Crippen molar-refractivity contribution in [3.8, 4) is 0 Å². The summed E-state index contributed by atoms with van der Waals surface area (Å²) in [5.74, 6) is -2.10. The van der Waals surface area contributed by atoms with E-state index < -0.39 is 37.2 Å². The van der Waals surface area contributed by atoms with Crippen molar-refractivity contribution in [2.75, 3.05) is 4.72 Å². The third kappa shape index (κ3) is 3.31. The zero-order valence-corrected chi connectivity index (χ0v) is 12.2. The first-order valence-electron chi connectivity index (χ1n) is 5.62. The molecule has 22 heavy (non-hydrogen) atoms. The lowest BCUT2D eigenvalue weighted by molar-refractivity contribution is -0.384. The van der Waals surface area contributed by atoms with Gasteiger partial charge in [0, 0.05) is 6.07 Å². The quantitative estimate of drug-likeness (QED) is 0.678. The highest BCUT2D eigenvalue weighted by molar-refractivity contribution is 7.92. The zero-order chi connectivity index (χ0) is 16.5. The SMILES string of the molecule is O=[N+]([O-])c1cc(NS(=O)(=O)c2cc(F)ccc2F)ccc1Cl. The smallest absolute Gasteiger partial charge is 0.279 e. The highest BCUT2D eigenvalue weighted by Gasteiger charge is 2.22. The lowest BCUT2D eigenvalue weighted by Gasteiger charge is -2.09. The summed E-state index contributed by atoms with van der Waals surface area (Å²) in [6.45, 7) is 0. The fourth-order valence-corrected chi connectivity index (χ4v) is 2.94. The largest absolute Gasteiger partial charge is 0.289 e. The van der Waals surface area contributed by atoms with E-state index in [2.05, 4.69) is 0 Å². The predicted octanol–water partition coefficient (Wildman–Crippen LogP) is 3.33. The van der Waals surface area contributed by atoms with Crippen LogP contribution in [0.2, 0.25) is 5.02 Å². The number of anilines is 1. The van der Waals surface area contributed by atoms with Gasteiger partial charge in [-0.2, -0.15) is 0 Å². The second-order valence-electron chi connectivity index (χ2n) is 4.10. The van der Waals surface area contributed by atoms with Crippen molar-refractivity contribution in [3.05, 3.63) is 63.2 Å². The van der Waals surface area contributed by atoms with E-state index in [1.807, 2.05) is 4.72 Å². The number of halogens is 3. The van der Waals surface area contributed by atoms with Crippen LogP contribution in [0.3, 0.4) is 0 Å². The van der Waals surface area contributed by atoms with Crippen LogP contribution in [0, 0.1) is 21.7 Å². The number of nitrogens with zero attached hydrogens (tertiary/aromatic N) is 1. The van der Waals surface area contributed by atoms with E-state index in [0.29, 0.717) is 12.1 Å². The number of rotatable bonds is 4. The van der Waals surface area contributed by atoms with E-state index in [1.165, 1.54) is 0 Å². The molecule has 0 radical (unpaired) electrons. The average molecular weight is 349 g/mol. The molecule has 0 aromatic heterocycles. The molecule has 0 unspecified atom stereocenters. The third-order valence-electron chi connectivity index (χ3n) is 2.58. The molecule has 0 bridgehead atoms. The number of nitro benzene ring substituents is 1. The number of hydrogen-bond donors (Lipinski definition) is 1. The Labute approximate surface area is 128 Å². The molecule has 2 aromatic carbocycles. The molecule has 2 aromatic rings. The summed E-state index contributed by atoms with van der Waals surface area (Å²) < 4.78 is 52.6. The van der Waals surface area contributed by atoms with Crippen LogP contribution in [0.15, 0.2) is 41.3 Å². The Bertz CT molecular complexity index is 858. The van der Waals surface area contributed by atoms with Crippen molar-refractivity contribution in [1.82, 2.24) is 0 Å².